The van der Waals surface area contributed by atoms with Crippen molar-refractivity contribution in [2.45, 2.75) is 24.9 Å². The molecule has 0 amide bonds. The van der Waals surface area contributed by atoms with Gasteiger partial charge in [0.25, 0.3) is 0 Å². The summed E-state index contributed by atoms with van der Waals surface area (Å²) in [5, 5.41) is 2.12. The second-order valence-corrected chi connectivity index (χ2v) is 6.62. The van der Waals surface area contributed by atoms with E-state index in [4.69, 9.17) is 16.3 Å². The zero-order valence-electron chi connectivity index (χ0n) is 12.4. The molecule has 0 fully saturated rings. The van der Waals surface area contributed by atoms with Crippen LogP contribution in [0.1, 0.15) is 27.6 Å². The normalized spacial score (nSPS) is 16.1. The van der Waals surface area contributed by atoms with Gasteiger partial charge < -0.3 is 4.74 Å². The van der Waals surface area contributed by atoms with Crippen molar-refractivity contribution >= 4 is 28.9 Å². The van der Waals surface area contributed by atoms with Gasteiger partial charge in [-0.2, -0.15) is 0 Å². The Kier molecular flexibility index (Phi) is 4.81. The highest BCUT2D eigenvalue weighted by Crippen LogP contribution is 2.32. The van der Waals surface area contributed by atoms with Gasteiger partial charge in [0.05, 0.1) is 7.11 Å². The molecule has 3 rings (SSSR count). The van der Waals surface area contributed by atoms with Crippen LogP contribution in [-0.2, 0) is 28.4 Å². The Morgan fingerprint density at radius 3 is 3.00 bits per heavy atom. The summed E-state index contributed by atoms with van der Waals surface area (Å²) in [6.07, 6.45) is 0.976. The molecule has 2 aromatic rings. The van der Waals surface area contributed by atoms with Crippen molar-refractivity contribution in [3.05, 3.63) is 57.3 Å². The fourth-order valence-electron chi connectivity index (χ4n) is 3.00. The fourth-order valence-corrected chi connectivity index (χ4v) is 4.13. The molecule has 0 saturated heterocycles. The Hall–Kier alpha value is -1.36. The summed E-state index contributed by atoms with van der Waals surface area (Å²) >= 11 is 7.85. The predicted octanol–water partition coefficient (Wildman–Crippen LogP) is 3.76. The van der Waals surface area contributed by atoms with Crippen molar-refractivity contribution in [2.75, 3.05) is 13.7 Å². The molecule has 0 spiro atoms. The molecule has 2 heterocycles. The van der Waals surface area contributed by atoms with Crippen LogP contribution in [0.4, 0.5) is 0 Å². The van der Waals surface area contributed by atoms with Gasteiger partial charge in [-0.3, -0.25) is 4.90 Å². The van der Waals surface area contributed by atoms with E-state index >= 15 is 0 Å². The molecule has 1 aromatic heterocycles. The largest absolute Gasteiger partial charge is 0.468 e. The summed E-state index contributed by atoms with van der Waals surface area (Å²) in [5.41, 5.74) is 3.24. The first kappa shape index (κ1) is 15.5. The summed E-state index contributed by atoms with van der Waals surface area (Å²) in [6, 6.07) is 9.59. The molecule has 0 N–H and O–H groups in total. The molecule has 1 atom stereocenters. The van der Waals surface area contributed by atoms with E-state index in [1.807, 2.05) is 24.3 Å². The molecular weight excluding hydrogens is 318 g/mol. The number of rotatable bonds is 4. The Morgan fingerprint density at radius 1 is 1.41 bits per heavy atom. The van der Waals surface area contributed by atoms with Crippen LogP contribution in [0.5, 0.6) is 0 Å². The van der Waals surface area contributed by atoms with Crippen molar-refractivity contribution in [1.82, 2.24) is 4.90 Å². The number of halogens is 1. The zero-order chi connectivity index (χ0) is 15.5. The van der Waals surface area contributed by atoms with E-state index in [-0.39, 0.29) is 5.97 Å². The van der Waals surface area contributed by atoms with Gasteiger partial charge in [0.1, 0.15) is 6.04 Å². The molecule has 116 valence electrons. The Labute approximate surface area is 139 Å². The Balaban J connectivity index is 1.96. The molecule has 0 saturated carbocycles. The number of carbonyl (C=O) groups excluding carboxylic acids is 1. The first-order valence-corrected chi connectivity index (χ1v) is 8.67. The van der Waals surface area contributed by atoms with Gasteiger partial charge in [-0.1, -0.05) is 24.3 Å². The molecule has 0 radical (unpaired) electrons. The maximum atomic E-state index is 12.4. The number of fused-ring (bicyclic) bond motifs is 1. The Morgan fingerprint density at radius 2 is 2.23 bits per heavy atom. The minimum atomic E-state index is -0.395. The molecule has 1 unspecified atom stereocenters. The molecule has 0 bridgehead atoms. The lowest BCUT2D eigenvalue weighted by Crippen LogP contribution is -2.38. The van der Waals surface area contributed by atoms with E-state index in [0.29, 0.717) is 5.88 Å². The molecule has 1 aliphatic rings. The van der Waals surface area contributed by atoms with Crippen LogP contribution in [0, 0.1) is 0 Å². The van der Waals surface area contributed by atoms with Crippen molar-refractivity contribution in [2.24, 2.45) is 0 Å². The highest BCUT2D eigenvalue weighted by atomic mass is 35.5. The third-order valence-corrected chi connectivity index (χ3v) is 5.43. The van der Waals surface area contributed by atoms with Crippen molar-refractivity contribution < 1.29 is 9.53 Å². The number of nitrogens with zero attached hydrogens (tertiary/aromatic N) is 1. The van der Waals surface area contributed by atoms with E-state index in [1.165, 1.54) is 17.6 Å². The van der Waals surface area contributed by atoms with E-state index in [0.717, 1.165) is 30.6 Å². The second-order valence-electron chi connectivity index (χ2n) is 5.35. The highest BCUT2D eigenvalue weighted by molar-refractivity contribution is 7.10. The van der Waals surface area contributed by atoms with Crippen LogP contribution in [0.3, 0.4) is 0 Å². The van der Waals surface area contributed by atoms with Crippen molar-refractivity contribution in [3.8, 4) is 0 Å². The predicted molar refractivity (Wildman–Crippen MR) is 89.2 cm³/mol. The number of benzene rings is 1. The number of hydrogen-bond donors (Lipinski definition) is 0. The van der Waals surface area contributed by atoms with Crippen LogP contribution < -0.4 is 0 Å². The van der Waals surface area contributed by atoms with Gasteiger partial charge >= 0.3 is 5.97 Å². The van der Waals surface area contributed by atoms with E-state index in [1.54, 1.807) is 11.3 Å². The number of carbonyl (C=O) groups is 1. The number of esters is 1. The second kappa shape index (κ2) is 6.82. The van der Waals surface area contributed by atoms with Gasteiger partial charge in [0.2, 0.25) is 0 Å². The monoisotopic (exact) mass is 335 g/mol. The van der Waals surface area contributed by atoms with Crippen LogP contribution in [-0.4, -0.2) is 24.5 Å². The van der Waals surface area contributed by atoms with Crippen LogP contribution >= 0.6 is 22.9 Å². The van der Waals surface area contributed by atoms with Gasteiger partial charge in [-0.25, -0.2) is 4.79 Å². The SMILES string of the molecule is COC(=O)C(c1ccccc1CCl)N1CCc2sccc2C1. The van der Waals surface area contributed by atoms with Gasteiger partial charge in [0, 0.05) is 23.8 Å². The summed E-state index contributed by atoms with van der Waals surface area (Å²) in [4.78, 5) is 16.0. The van der Waals surface area contributed by atoms with Crippen LogP contribution in [0.15, 0.2) is 35.7 Å². The summed E-state index contributed by atoms with van der Waals surface area (Å²) in [5.74, 6) is 0.164. The van der Waals surface area contributed by atoms with Crippen molar-refractivity contribution in [1.29, 1.82) is 0 Å². The quantitative estimate of drug-likeness (QED) is 0.629. The van der Waals surface area contributed by atoms with Gasteiger partial charge in [-0.05, 0) is 34.6 Å². The number of hydrogen-bond acceptors (Lipinski definition) is 4. The zero-order valence-corrected chi connectivity index (χ0v) is 14.0. The van der Waals surface area contributed by atoms with E-state index in [2.05, 4.69) is 16.3 Å². The molecular formula is C17H18ClNO2S. The first-order valence-electron chi connectivity index (χ1n) is 7.25. The Bertz CT molecular complexity index is 670. The van der Waals surface area contributed by atoms with Crippen LogP contribution in [0.2, 0.25) is 0 Å². The summed E-state index contributed by atoms with van der Waals surface area (Å²) < 4.78 is 5.07. The number of ether oxygens (including phenoxy) is 1. The maximum absolute atomic E-state index is 12.4. The van der Waals surface area contributed by atoms with Gasteiger partial charge in [-0.15, -0.1) is 22.9 Å². The lowest BCUT2D eigenvalue weighted by molar-refractivity contribution is -0.147. The standard InChI is InChI=1S/C17H18ClNO2S/c1-21-17(20)16(14-5-3-2-4-12(14)10-18)19-8-6-15-13(11-19)7-9-22-15/h2-5,7,9,16H,6,8,10-11H2,1H3. The third-order valence-electron chi connectivity index (χ3n) is 4.12. The average Bonchev–Trinajstić information content (AvgIpc) is 3.03. The molecule has 22 heavy (non-hydrogen) atoms. The molecule has 5 heteroatoms. The average molecular weight is 336 g/mol. The number of thiophene rings is 1. The lowest BCUT2D eigenvalue weighted by Gasteiger charge is -2.33. The first-order chi connectivity index (χ1) is 10.7. The number of methoxy groups -OCH3 is 1. The minimum Gasteiger partial charge on any atom is -0.468 e. The molecule has 1 aliphatic heterocycles. The van der Waals surface area contributed by atoms with Gasteiger partial charge in [0.15, 0.2) is 0 Å². The fraction of sp³-hybridized carbons (Fsp3) is 0.353. The lowest BCUT2D eigenvalue weighted by atomic mass is 9.97. The highest BCUT2D eigenvalue weighted by Gasteiger charge is 2.32. The third kappa shape index (κ3) is 2.91. The number of alkyl halides is 1. The smallest absolute Gasteiger partial charge is 0.327 e. The maximum Gasteiger partial charge on any atom is 0.327 e. The van der Waals surface area contributed by atoms with Crippen LogP contribution in [0.25, 0.3) is 0 Å². The molecule has 3 nitrogen and oxygen atoms in total. The summed E-state index contributed by atoms with van der Waals surface area (Å²) in [6.45, 7) is 1.62. The molecule has 1 aromatic carbocycles. The van der Waals surface area contributed by atoms with Crippen molar-refractivity contribution in [3.63, 3.8) is 0 Å². The molecule has 0 aliphatic carbocycles. The summed E-state index contributed by atoms with van der Waals surface area (Å²) in [7, 11) is 1.44. The van der Waals surface area contributed by atoms with E-state index in [9.17, 15) is 4.79 Å². The minimum absolute atomic E-state index is 0.226. The van der Waals surface area contributed by atoms with E-state index < -0.39 is 6.04 Å². The topological polar surface area (TPSA) is 29.5 Å².